The second-order valence-electron chi connectivity index (χ2n) is 3.85. The van der Waals surface area contributed by atoms with E-state index >= 15 is 0 Å². The predicted molar refractivity (Wildman–Crippen MR) is 71.6 cm³/mol. The summed E-state index contributed by atoms with van der Waals surface area (Å²) in [4.78, 5) is 1.85. The Morgan fingerprint density at radius 2 is 2.24 bits per heavy atom. The maximum absolute atomic E-state index is 9.38. The number of hydrogen-bond acceptors (Lipinski definition) is 4. The van der Waals surface area contributed by atoms with Gasteiger partial charge < -0.3 is 20.9 Å². The van der Waals surface area contributed by atoms with Crippen LogP contribution in [-0.4, -0.2) is 35.8 Å². The summed E-state index contributed by atoms with van der Waals surface area (Å²) in [5.74, 6) is 0.0323. The van der Waals surface area contributed by atoms with E-state index < -0.39 is 6.10 Å². The molecule has 17 heavy (non-hydrogen) atoms. The summed E-state index contributed by atoms with van der Waals surface area (Å²) < 4.78 is 0.739. The Morgan fingerprint density at radius 1 is 1.59 bits per heavy atom. The number of anilines is 1. The fourth-order valence-corrected chi connectivity index (χ4v) is 2.19. The van der Waals surface area contributed by atoms with Gasteiger partial charge in [0.25, 0.3) is 0 Å². The van der Waals surface area contributed by atoms with Crippen molar-refractivity contribution in [3.8, 4) is 0 Å². The lowest BCUT2D eigenvalue weighted by atomic mass is 10.1. The molecular weight excluding hydrogens is 286 g/mol. The van der Waals surface area contributed by atoms with E-state index in [-0.39, 0.29) is 5.84 Å². The Labute approximate surface area is 109 Å². The van der Waals surface area contributed by atoms with Crippen LogP contribution in [-0.2, 0) is 0 Å². The van der Waals surface area contributed by atoms with Gasteiger partial charge in [-0.25, -0.2) is 0 Å². The van der Waals surface area contributed by atoms with E-state index in [2.05, 4.69) is 21.1 Å². The maximum atomic E-state index is 9.38. The topological polar surface area (TPSA) is 82.1 Å². The quantitative estimate of drug-likeness (QED) is 0.339. The summed E-state index contributed by atoms with van der Waals surface area (Å²) >= 11 is 3.36. The molecule has 0 radical (unpaired) electrons. The summed E-state index contributed by atoms with van der Waals surface area (Å²) in [5.41, 5.74) is 7.04. The van der Waals surface area contributed by atoms with E-state index in [1.807, 2.05) is 30.1 Å². The van der Waals surface area contributed by atoms with Gasteiger partial charge in [0.15, 0.2) is 5.84 Å². The molecule has 0 saturated carbocycles. The highest BCUT2D eigenvalue weighted by molar-refractivity contribution is 9.10. The summed E-state index contributed by atoms with van der Waals surface area (Å²) in [6.45, 7) is 2.17. The first-order chi connectivity index (χ1) is 7.97. The van der Waals surface area contributed by atoms with Crippen molar-refractivity contribution in [1.82, 2.24) is 0 Å². The van der Waals surface area contributed by atoms with Crippen molar-refractivity contribution in [3.63, 3.8) is 0 Å². The molecule has 94 valence electrons. The number of likely N-dealkylation sites (N-methyl/N-ethyl adjacent to an activating group) is 1. The van der Waals surface area contributed by atoms with Crippen LogP contribution in [0.25, 0.3) is 0 Å². The van der Waals surface area contributed by atoms with Crippen molar-refractivity contribution >= 4 is 27.5 Å². The molecule has 1 rings (SSSR count). The smallest absolute Gasteiger partial charge is 0.173 e. The standard InChI is InChI=1S/C11H16BrN3O2/c1-7(16)6-15(2)9-5-3-4-8(12)10(9)11(13)14-17/h3-5,7,16-17H,6H2,1-2H3,(H2,13,14). The molecule has 4 N–H and O–H groups in total. The van der Waals surface area contributed by atoms with Crippen molar-refractivity contribution in [1.29, 1.82) is 0 Å². The van der Waals surface area contributed by atoms with E-state index in [1.54, 1.807) is 6.92 Å². The third-order valence-corrected chi connectivity index (χ3v) is 2.97. The minimum absolute atomic E-state index is 0.0323. The van der Waals surface area contributed by atoms with Gasteiger partial charge in [0.2, 0.25) is 0 Å². The molecule has 5 nitrogen and oxygen atoms in total. The number of benzene rings is 1. The van der Waals surface area contributed by atoms with Crippen LogP contribution in [0.4, 0.5) is 5.69 Å². The molecule has 1 aromatic carbocycles. The second kappa shape index (κ2) is 5.88. The average molecular weight is 302 g/mol. The minimum atomic E-state index is -0.459. The van der Waals surface area contributed by atoms with Gasteiger partial charge in [-0.15, -0.1) is 0 Å². The molecule has 6 heteroatoms. The van der Waals surface area contributed by atoms with E-state index in [1.165, 1.54) is 0 Å². The summed E-state index contributed by atoms with van der Waals surface area (Å²) in [5, 5.41) is 21.2. The number of nitrogens with zero attached hydrogens (tertiary/aromatic N) is 2. The molecule has 1 atom stereocenters. The first-order valence-electron chi connectivity index (χ1n) is 5.13. The molecule has 0 fully saturated rings. The van der Waals surface area contributed by atoms with Crippen molar-refractivity contribution in [2.75, 3.05) is 18.5 Å². The Balaban J connectivity index is 3.19. The molecule has 1 aromatic rings. The van der Waals surface area contributed by atoms with Crippen molar-refractivity contribution < 1.29 is 10.3 Å². The number of hydrogen-bond donors (Lipinski definition) is 3. The number of nitrogens with two attached hydrogens (primary N) is 1. The van der Waals surface area contributed by atoms with Gasteiger partial charge in [0.05, 0.1) is 11.7 Å². The minimum Gasteiger partial charge on any atom is -0.409 e. The lowest BCUT2D eigenvalue weighted by molar-refractivity contribution is 0.201. The monoisotopic (exact) mass is 301 g/mol. The van der Waals surface area contributed by atoms with Crippen LogP contribution in [0.15, 0.2) is 27.8 Å². The van der Waals surface area contributed by atoms with E-state index in [0.29, 0.717) is 12.1 Å². The highest BCUT2D eigenvalue weighted by Crippen LogP contribution is 2.27. The molecule has 0 amide bonds. The lowest BCUT2D eigenvalue weighted by Crippen LogP contribution is -2.29. The molecule has 0 saturated heterocycles. The molecule has 1 unspecified atom stereocenters. The highest BCUT2D eigenvalue weighted by atomic mass is 79.9. The molecule has 0 aliphatic heterocycles. The number of oxime groups is 1. The first-order valence-corrected chi connectivity index (χ1v) is 5.92. The van der Waals surface area contributed by atoms with Crippen LogP contribution in [0.3, 0.4) is 0 Å². The largest absolute Gasteiger partial charge is 0.409 e. The van der Waals surface area contributed by atoms with Gasteiger partial charge in [-0.05, 0) is 35.0 Å². The third-order valence-electron chi connectivity index (χ3n) is 2.30. The van der Waals surface area contributed by atoms with Crippen molar-refractivity contribution in [2.24, 2.45) is 10.9 Å². The Kier molecular flexibility index (Phi) is 4.77. The van der Waals surface area contributed by atoms with Crippen LogP contribution < -0.4 is 10.6 Å². The molecule has 0 bridgehead atoms. The number of halogens is 1. The Hall–Kier alpha value is -1.27. The van der Waals surface area contributed by atoms with E-state index in [0.717, 1.165) is 10.2 Å². The number of amidine groups is 1. The molecule has 0 aliphatic carbocycles. The predicted octanol–water partition coefficient (Wildman–Crippen LogP) is 1.36. The summed E-state index contributed by atoms with van der Waals surface area (Å²) in [6, 6.07) is 5.51. The highest BCUT2D eigenvalue weighted by Gasteiger charge is 2.15. The zero-order chi connectivity index (χ0) is 13.0. The normalized spacial score (nSPS) is 13.5. The van der Waals surface area contributed by atoms with Crippen LogP contribution in [0.2, 0.25) is 0 Å². The Morgan fingerprint density at radius 3 is 2.76 bits per heavy atom. The van der Waals surface area contributed by atoms with Crippen molar-refractivity contribution in [2.45, 2.75) is 13.0 Å². The van der Waals surface area contributed by atoms with Gasteiger partial charge in [-0.3, -0.25) is 0 Å². The third kappa shape index (κ3) is 3.34. The van der Waals surface area contributed by atoms with E-state index in [9.17, 15) is 5.11 Å². The molecule has 0 aliphatic rings. The molecule has 0 spiro atoms. The van der Waals surface area contributed by atoms with Gasteiger partial charge in [-0.2, -0.15) is 0 Å². The summed E-state index contributed by atoms with van der Waals surface area (Å²) in [6.07, 6.45) is -0.459. The molecule has 0 heterocycles. The molecule has 0 aromatic heterocycles. The van der Waals surface area contributed by atoms with Gasteiger partial charge in [0, 0.05) is 23.8 Å². The average Bonchev–Trinajstić information content (AvgIpc) is 2.26. The fraction of sp³-hybridized carbons (Fsp3) is 0.364. The number of aliphatic hydroxyl groups is 1. The Bertz CT molecular complexity index is 421. The van der Waals surface area contributed by atoms with Crippen LogP contribution in [0.1, 0.15) is 12.5 Å². The zero-order valence-electron chi connectivity index (χ0n) is 9.76. The van der Waals surface area contributed by atoms with Crippen LogP contribution >= 0.6 is 15.9 Å². The second-order valence-corrected chi connectivity index (χ2v) is 4.70. The van der Waals surface area contributed by atoms with Gasteiger partial charge in [0.1, 0.15) is 0 Å². The van der Waals surface area contributed by atoms with Crippen LogP contribution in [0.5, 0.6) is 0 Å². The van der Waals surface area contributed by atoms with Gasteiger partial charge in [-0.1, -0.05) is 11.2 Å². The zero-order valence-corrected chi connectivity index (χ0v) is 11.3. The number of rotatable bonds is 4. The van der Waals surface area contributed by atoms with Crippen molar-refractivity contribution in [3.05, 3.63) is 28.2 Å². The number of aliphatic hydroxyl groups excluding tert-OH is 1. The lowest BCUT2D eigenvalue weighted by Gasteiger charge is -2.24. The van der Waals surface area contributed by atoms with Gasteiger partial charge >= 0.3 is 0 Å². The SMILES string of the molecule is CC(O)CN(C)c1cccc(Br)c1/C(N)=N/O. The first kappa shape index (κ1) is 13.8. The summed E-state index contributed by atoms with van der Waals surface area (Å²) in [7, 11) is 1.84. The maximum Gasteiger partial charge on any atom is 0.173 e. The fourth-order valence-electron chi connectivity index (χ4n) is 1.63. The van der Waals surface area contributed by atoms with Crippen LogP contribution in [0, 0.1) is 0 Å². The van der Waals surface area contributed by atoms with E-state index in [4.69, 9.17) is 10.9 Å². The molecular formula is C11H16BrN3O2.